The van der Waals surface area contributed by atoms with Crippen LogP contribution in [0.15, 0.2) is 84.9 Å². The third kappa shape index (κ3) is 3.13. The number of rotatable bonds is 2. The second kappa shape index (κ2) is 8.01. The summed E-state index contributed by atoms with van der Waals surface area (Å²) in [4.78, 5) is 3.50. The van der Waals surface area contributed by atoms with E-state index in [9.17, 15) is 0 Å². The number of hydrogen-bond donors (Lipinski definition) is 1. The van der Waals surface area contributed by atoms with Crippen LogP contribution in [0, 0.1) is 0 Å². The van der Waals surface area contributed by atoms with Crippen LogP contribution >= 0.6 is 0 Å². The molecule has 0 bridgehead atoms. The van der Waals surface area contributed by atoms with E-state index in [-0.39, 0.29) is 16.4 Å². The molecular formula is C30H15B5N2. The molecule has 2 heterocycles. The van der Waals surface area contributed by atoms with Gasteiger partial charge < -0.3 is 9.55 Å². The molecule has 2 nitrogen and oxygen atoms in total. The van der Waals surface area contributed by atoms with Gasteiger partial charge >= 0.3 is 0 Å². The number of nitrogens with zero attached hydrogens (tertiary/aromatic N) is 1. The molecule has 0 aliphatic rings. The van der Waals surface area contributed by atoms with E-state index >= 15 is 0 Å². The molecule has 2 aromatic heterocycles. The van der Waals surface area contributed by atoms with Crippen molar-refractivity contribution in [2.45, 2.75) is 0 Å². The van der Waals surface area contributed by atoms with E-state index in [1.165, 1.54) is 10.8 Å². The van der Waals surface area contributed by atoms with Crippen molar-refractivity contribution in [3.05, 3.63) is 84.9 Å². The van der Waals surface area contributed by atoms with Crippen molar-refractivity contribution in [3.8, 4) is 16.8 Å². The Bertz CT molecular complexity index is 2020. The Kier molecular flexibility index (Phi) is 4.82. The maximum Gasteiger partial charge on any atom is 0.115 e. The maximum absolute atomic E-state index is 6.47. The number of H-pyrrole nitrogens is 1. The summed E-state index contributed by atoms with van der Waals surface area (Å²) in [6.45, 7) is 0. The molecule has 0 amide bonds. The van der Waals surface area contributed by atoms with Gasteiger partial charge in [0, 0.05) is 38.3 Å². The zero-order valence-corrected chi connectivity index (χ0v) is 19.9. The summed E-state index contributed by atoms with van der Waals surface area (Å²) >= 11 is 0. The molecule has 0 spiro atoms. The molecule has 0 fully saturated rings. The zero-order chi connectivity index (χ0) is 25.4. The Morgan fingerprint density at radius 3 is 1.76 bits per heavy atom. The molecular weight excluding hydrogens is 442 g/mol. The summed E-state index contributed by atoms with van der Waals surface area (Å²) < 4.78 is 2.02. The van der Waals surface area contributed by atoms with Crippen molar-refractivity contribution < 1.29 is 0 Å². The third-order valence-corrected chi connectivity index (χ3v) is 7.41. The van der Waals surface area contributed by atoms with Crippen LogP contribution in [0.3, 0.4) is 0 Å². The standard InChI is InChI=1S/C30H15B5N2/c31-25-26(32)28(34)30(29(35)27(25)33)37-23-8-4-2-6-18(23)20-14-16(10-12-24(20)37)15-9-11-22-19(13-15)17-5-1-3-7-21(17)36-22/h1-14,36H. The van der Waals surface area contributed by atoms with Crippen molar-refractivity contribution in [2.24, 2.45) is 0 Å². The monoisotopic (exact) mass is 458 g/mol. The smallest absolute Gasteiger partial charge is 0.115 e. The maximum atomic E-state index is 6.47. The van der Waals surface area contributed by atoms with Gasteiger partial charge in [0.15, 0.2) is 0 Å². The van der Waals surface area contributed by atoms with E-state index in [0.717, 1.165) is 44.0 Å². The fraction of sp³-hybridized carbons (Fsp3) is 0. The highest BCUT2D eigenvalue weighted by molar-refractivity contribution is 6.68. The number of nitrogens with one attached hydrogen (secondary N) is 1. The first-order chi connectivity index (χ1) is 17.9. The van der Waals surface area contributed by atoms with Crippen molar-refractivity contribution >= 4 is 110 Å². The van der Waals surface area contributed by atoms with Crippen LogP contribution in [0.4, 0.5) is 0 Å². The summed E-state index contributed by atoms with van der Waals surface area (Å²) in [5.41, 5.74) is 8.21. The van der Waals surface area contributed by atoms with Gasteiger partial charge in [-0.05, 0) is 47.5 Å². The molecule has 7 heteroatoms. The predicted octanol–water partition coefficient (Wildman–Crippen LogP) is 2.05. The molecule has 1 N–H and O–H groups in total. The van der Waals surface area contributed by atoms with Gasteiger partial charge in [0.25, 0.3) is 0 Å². The Hall–Kier alpha value is -3.98. The highest BCUT2D eigenvalue weighted by Gasteiger charge is 2.18. The molecule has 0 aliphatic heterocycles. The first-order valence-corrected chi connectivity index (χ1v) is 12.0. The summed E-state index contributed by atoms with van der Waals surface area (Å²) in [6, 6.07) is 29.4. The van der Waals surface area contributed by atoms with Crippen molar-refractivity contribution in [1.29, 1.82) is 0 Å². The topological polar surface area (TPSA) is 20.7 Å². The predicted molar refractivity (Wildman–Crippen MR) is 163 cm³/mol. The van der Waals surface area contributed by atoms with Crippen LogP contribution in [0.5, 0.6) is 0 Å². The average Bonchev–Trinajstić information content (AvgIpc) is 3.46. The second-order valence-corrected chi connectivity index (χ2v) is 9.43. The van der Waals surface area contributed by atoms with Gasteiger partial charge in [0.1, 0.15) is 39.2 Å². The van der Waals surface area contributed by atoms with Crippen molar-refractivity contribution in [1.82, 2.24) is 9.55 Å². The normalized spacial score (nSPS) is 11.8. The van der Waals surface area contributed by atoms with Crippen molar-refractivity contribution in [2.75, 3.05) is 0 Å². The molecule has 0 aliphatic carbocycles. The lowest BCUT2D eigenvalue weighted by Gasteiger charge is -2.23. The third-order valence-electron chi connectivity index (χ3n) is 7.41. The Morgan fingerprint density at radius 2 is 1.00 bits per heavy atom. The van der Waals surface area contributed by atoms with E-state index in [4.69, 9.17) is 39.2 Å². The van der Waals surface area contributed by atoms with E-state index in [1.54, 1.807) is 0 Å². The molecule has 7 aromatic rings. The zero-order valence-electron chi connectivity index (χ0n) is 19.9. The van der Waals surface area contributed by atoms with Crippen LogP contribution in [0.2, 0.25) is 0 Å². The van der Waals surface area contributed by atoms with Crippen LogP contribution in [-0.2, 0) is 0 Å². The van der Waals surface area contributed by atoms with Gasteiger partial charge in [0.2, 0.25) is 0 Å². The highest BCUT2D eigenvalue weighted by atomic mass is 15.0. The molecule has 0 unspecified atom stereocenters. The van der Waals surface area contributed by atoms with Crippen LogP contribution < -0.4 is 27.3 Å². The van der Waals surface area contributed by atoms with E-state index in [1.807, 2.05) is 28.8 Å². The van der Waals surface area contributed by atoms with Crippen LogP contribution in [0.1, 0.15) is 0 Å². The van der Waals surface area contributed by atoms with Gasteiger partial charge in [-0.2, -0.15) is 0 Å². The van der Waals surface area contributed by atoms with E-state index < -0.39 is 0 Å². The Balaban J connectivity index is 1.51. The fourth-order valence-corrected chi connectivity index (χ4v) is 5.50. The minimum atomic E-state index is 0.203. The summed E-state index contributed by atoms with van der Waals surface area (Å²) in [5.74, 6) is 0. The number of para-hydroxylation sites is 2. The molecule has 10 radical (unpaired) electrons. The van der Waals surface area contributed by atoms with E-state index in [2.05, 4.69) is 65.6 Å². The van der Waals surface area contributed by atoms with Crippen LogP contribution in [-0.4, -0.2) is 48.8 Å². The first-order valence-electron chi connectivity index (χ1n) is 12.0. The minimum absolute atomic E-state index is 0.203. The number of fused-ring (bicyclic) bond motifs is 6. The van der Waals surface area contributed by atoms with Gasteiger partial charge in [-0.15, -0.1) is 16.4 Å². The average molecular weight is 458 g/mol. The number of aromatic nitrogens is 2. The van der Waals surface area contributed by atoms with Gasteiger partial charge in [-0.25, -0.2) is 0 Å². The fourth-order valence-electron chi connectivity index (χ4n) is 5.50. The summed E-state index contributed by atoms with van der Waals surface area (Å²) in [7, 11) is 31.4. The first kappa shape index (κ1) is 22.2. The molecule has 160 valence electrons. The quantitative estimate of drug-likeness (QED) is 0.384. The molecule has 0 atom stereocenters. The summed E-state index contributed by atoms with van der Waals surface area (Å²) in [6.07, 6.45) is 0. The molecule has 5 aromatic carbocycles. The Labute approximate surface area is 221 Å². The Morgan fingerprint density at radius 1 is 0.459 bits per heavy atom. The molecule has 0 saturated carbocycles. The second-order valence-electron chi connectivity index (χ2n) is 9.43. The minimum Gasteiger partial charge on any atom is -0.355 e. The van der Waals surface area contributed by atoms with E-state index in [0.29, 0.717) is 16.6 Å². The lowest BCUT2D eigenvalue weighted by Crippen LogP contribution is -2.56. The molecule has 7 rings (SSSR count). The lowest BCUT2D eigenvalue weighted by atomic mass is 9.61. The number of aromatic amines is 1. The molecule has 0 saturated heterocycles. The number of benzene rings is 5. The largest absolute Gasteiger partial charge is 0.355 e. The number of hydrogen-bond acceptors (Lipinski definition) is 0. The van der Waals surface area contributed by atoms with Gasteiger partial charge in [-0.1, -0.05) is 59.5 Å². The highest BCUT2D eigenvalue weighted by Crippen LogP contribution is 2.35. The molecule has 37 heavy (non-hydrogen) atoms. The van der Waals surface area contributed by atoms with Crippen molar-refractivity contribution in [3.63, 3.8) is 0 Å². The van der Waals surface area contributed by atoms with Gasteiger partial charge in [-0.3, -0.25) is 0 Å². The SMILES string of the molecule is [B]c1c([B])c([B])c(-n2c3ccccc3c3cc(-c4ccc5[nH]c6ccccc6c5c4)ccc32)c([B])c1[B]. The lowest BCUT2D eigenvalue weighted by molar-refractivity contribution is 1.21. The van der Waals surface area contributed by atoms with Gasteiger partial charge in [0.05, 0.1) is 11.0 Å². The summed E-state index contributed by atoms with van der Waals surface area (Å²) in [5, 5.41) is 4.55. The van der Waals surface area contributed by atoms with Crippen LogP contribution in [0.25, 0.3) is 60.4 Å².